The Morgan fingerprint density at radius 1 is 1.29 bits per heavy atom. The number of anilines is 1. The van der Waals surface area contributed by atoms with Gasteiger partial charge in [-0.3, -0.25) is 4.98 Å². The number of aliphatic hydroxyl groups is 1. The van der Waals surface area contributed by atoms with Gasteiger partial charge in [-0.05, 0) is 17.7 Å². The highest BCUT2D eigenvalue weighted by Gasteiger charge is 2.03. The maximum atomic E-state index is 8.70. The van der Waals surface area contributed by atoms with Gasteiger partial charge in [0.05, 0.1) is 6.61 Å². The van der Waals surface area contributed by atoms with Crippen molar-refractivity contribution >= 4 is 28.2 Å². The molecule has 17 heavy (non-hydrogen) atoms. The van der Waals surface area contributed by atoms with E-state index in [1.807, 2.05) is 12.1 Å². The van der Waals surface area contributed by atoms with E-state index in [9.17, 15) is 0 Å². The Morgan fingerprint density at radius 3 is 2.88 bits per heavy atom. The maximum Gasteiger partial charge on any atom is 0.206 e. The molecule has 0 radical (unpaired) electrons. The molecular weight excluding hydrogens is 256 g/mol. The second-order valence-electron chi connectivity index (χ2n) is 3.15. The van der Waals surface area contributed by atoms with Crippen LogP contribution in [0.3, 0.4) is 0 Å². The van der Waals surface area contributed by atoms with Crippen molar-refractivity contribution in [2.75, 3.05) is 17.7 Å². The van der Waals surface area contributed by atoms with Crippen molar-refractivity contribution in [2.24, 2.45) is 0 Å². The summed E-state index contributed by atoms with van der Waals surface area (Å²) in [6, 6.07) is 3.91. The fourth-order valence-electron chi connectivity index (χ4n) is 1.15. The molecule has 0 saturated heterocycles. The first-order valence-corrected chi connectivity index (χ1v) is 6.88. The van der Waals surface area contributed by atoms with E-state index in [4.69, 9.17) is 5.11 Å². The summed E-state index contributed by atoms with van der Waals surface area (Å²) < 4.78 is 0.872. The number of pyridine rings is 1. The van der Waals surface area contributed by atoms with Crippen molar-refractivity contribution in [1.82, 2.24) is 15.2 Å². The molecule has 2 N–H and O–H groups in total. The molecule has 0 aliphatic carbocycles. The molecule has 7 heteroatoms. The van der Waals surface area contributed by atoms with E-state index in [1.54, 1.807) is 12.4 Å². The lowest BCUT2D eigenvalue weighted by molar-refractivity contribution is 0.322. The standard InChI is InChI=1S/C10H12N4OS2/c15-5-6-16-10-14-13-9(17-10)12-7-8-1-3-11-4-2-8/h1-4,15H,5-7H2,(H,12,13). The van der Waals surface area contributed by atoms with Crippen molar-refractivity contribution in [2.45, 2.75) is 10.9 Å². The van der Waals surface area contributed by atoms with Crippen molar-refractivity contribution < 1.29 is 5.11 Å². The first-order valence-electron chi connectivity index (χ1n) is 5.08. The van der Waals surface area contributed by atoms with Gasteiger partial charge in [0.25, 0.3) is 0 Å². The summed E-state index contributed by atoms with van der Waals surface area (Å²) in [4.78, 5) is 3.96. The largest absolute Gasteiger partial charge is 0.396 e. The summed E-state index contributed by atoms with van der Waals surface area (Å²) in [6.07, 6.45) is 3.53. The third kappa shape index (κ3) is 3.95. The minimum atomic E-state index is 0.157. The molecule has 2 aromatic heterocycles. The molecule has 0 saturated carbocycles. The molecule has 0 aliphatic heterocycles. The zero-order chi connectivity index (χ0) is 11.9. The summed E-state index contributed by atoms with van der Waals surface area (Å²) in [5.74, 6) is 0.652. The lowest BCUT2D eigenvalue weighted by Crippen LogP contribution is -1.98. The molecule has 0 fully saturated rings. The number of aliphatic hydroxyl groups excluding tert-OH is 1. The van der Waals surface area contributed by atoms with E-state index in [1.165, 1.54) is 23.1 Å². The summed E-state index contributed by atoms with van der Waals surface area (Å²) in [5.41, 5.74) is 1.15. The zero-order valence-electron chi connectivity index (χ0n) is 9.04. The lowest BCUT2D eigenvalue weighted by Gasteiger charge is -2.00. The maximum absolute atomic E-state index is 8.70. The van der Waals surface area contributed by atoms with Gasteiger partial charge in [-0.1, -0.05) is 23.1 Å². The molecule has 0 unspecified atom stereocenters. The second-order valence-corrected chi connectivity index (χ2v) is 5.47. The Balaban J connectivity index is 1.85. The summed E-state index contributed by atoms with van der Waals surface area (Å²) in [6.45, 7) is 0.867. The fourth-order valence-corrected chi connectivity index (χ4v) is 2.71. The molecule has 0 bridgehead atoms. The van der Waals surface area contributed by atoms with E-state index in [0.717, 1.165) is 15.0 Å². The molecule has 5 nitrogen and oxygen atoms in total. The number of thioether (sulfide) groups is 1. The highest BCUT2D eigenvalue weighted by molar-refractivity contribution is 8.01. The SMILES string of the molecule is OCCSc1nnc(NCc2ccncc2)s1. The van der Waals surface area contributed by atoms with Crippen LogP contribution in [0, 0.1) is 0 Å². The first-order chi connectivity index (χ1) is 8.38. The Hall–Kier alpha value is -1.18. The highest BCUT2D eigenvalue weighted by Crippen LogP contribution is 2.25. The molecule has 90 valence electrons. The Labute approximate surface area is 107 Å². The van der Waals surface area contributed by atoms with Gasteiger partial charge in [-0.15, -0.1) is 10.2 Å². The molecular formula is C10H12N4OS2. The fraction of sp³-hybridized carbons (Fsp3) is 0.300. The average Bonchev–Trinajstić information content (AvgIpc) is 2.83. The Kier molecular flexibility index (Phi) is 4.72. The minimum absolute atomic E-state index is 0.157. The third-order valence-electron chi connectivity index (χ3n) is 1.92. The van der Waals surface area contributed by atoms with E-state index >= 15 is 0 Å². The van der Waals surface area contributed by atoms with Crippen LogP contribution in [0.4, 0.5) is 5.13 Å². The highest BCUT2D eigenvalue weighted by atomic mass is 32.2. The smallest absolute Gasteiger partial charge is 0.206 e. The van der Waals surface area contributed by atoms with Gasteiger partial charge in [0.1, 0.15) is 0 Å². The Morgan fingerprint density at radius 2 is 2.12 bits per heavy atom. The van der Waals surface area contributed by atoms with E-state index in [0.29, 0.717) is 12.3 Å². The number of hydrogen-bond acceptors (Lipinski definition) is 7. The molecule has 0 spiro atoms. The molecule has 2 rings (SSSR count). The molecule has 0 aliphatic rings. The van der Waals surface area contributed by atoms with Gasteiger partial charge >= 0.3 is 0 Å². The van der Waals surface area contributed by atoms with Crippen LogP contribution >= 0.6 is 23.1 Å². The van der Waals surface area contributed by atoms with E-state index in [2.05, 4.69) is 20.5 Å². The quantitative estimate of drug-likeness (QED) is 0.776. The summed E-state index contributed by atoms with van der Waals surface area (Å²) in [7, 11) is 0. The summed E-state index contributed by atoms with van der Waals surface area (Å²) in [5, 5.41) is 20.7. The van der Waals surface area contributed by atoms with Crippen molar-refractivity contribution in [1.29, 1.82) is 0 Å². The zero-order valence-corrected chi connectivity index (χ0v) is 10.7. The number of nitrogens with zero attached hydrogens (tertiary/aromatic N) is 3. The van der Waals surface area contributed by atoms with Gasteiger partial charge in [-0.25, -0.2) is 0 Å². The molecule has 0 atom stereocenters. The van der Waals surface area contributed by atoms with Crippen molar-refractivity contribution in [3.63, 3.8) is 0 Å². The van der Waals surface area contributed by atoms with E-state index in [-0.39, 0.29) is 6.61 Å². The van der Waals surface area contributed by atoms with Gasteiger partial charge in [0.15, 0.2) is 4.34 Å². The van der Waals surface area contributed by atoms with Crippen LogP contribution in [0.15, 0.2) is 28.9 Å². The van der Waals surface area contributed by atoms with Gasteiger partial charge < -0.3 is 10.4 Å². The van der Waals surface area contributed by atoms with Gasteiger partial charge in [0.2, 0.25) is 5.13 Å². The number of aromatic nitrogens is 3. The second kappa shape index (κ2) is 6.53. The number of nitrogens with one attached hydrogen (secondary N) is 1. The van der Waals surface area contributed by atoms with Gasteiger partial charge in [-0.2, -0.15) is 0 Å². The van der Waals surface area contributed by atoms with Crippen LogP contribution in [0.1, 0.15) is 5.56 Å². The molecule has 0 amide bonds. The van der Waals surface area contributed by atoms with Crippen LogP contribution in [0.5, 0.6) is 0 Å². The van der Waals surface area contributed by atoms with Crippen LogP contribution in [-0.2, 0) is 6.54 Å². The van der Waals surface area contributed by atoms with Crippen LogP contribution in [0.25, 0.3) is 0 Å². The van der Waals surface area contributed by atoms with Crippen LogP contribution in [-0.4, -0.2) is 32.6 Å². The number of rotatable bonds is 6. The van der Waals surface area contributed by atoms with Crippen LogP contribution < -0.4 is 5.32 Å². The average molecular weight is 268 g/mol. The normalized spacial score (nSPS) is 10.4. The molecule has 2 heterocycles. The van der Waals surface area contributed by atoms with Crippen LogP contribution in [0.2, 0.25) is 0 Å². The predicted molar refractivity (Wildman–Crippen MR) is 69.3 cm³/mol. The topological polar surface area (TPSA) is 70.9 Å². The lowest BCUT2D eigenvalue weighted by atomic mass is 10.3. The van der Waals surface area contributed by atoms with Crippen molar-refractivity contribution in [3.05, 3.63) is 30.1 Å². The summed E-state index contributed by atoms with van der Waals surface area (Å²) >= 11 is 3.00. The Bertz CT molecular complexity index is 449. The monoisotopic (exact) mass is 268 g/mol. The predicted octanol–water partition coefficient (Wildman–Crippen LogP) is 1.63. The number of hydrogen-bond donors (Lipinski definition) is 2. The van der Waals surface area contributed by atoms with Gasteiger partial charge in [0, 0.05) is 24.7 Å². The third-order valence-corrected chi connectivity index (χ3v) is 3.91. The van der Waals surface area contributed by atoms with E-state index < -0.39 is 0 Å². The van der Waals surface area contributed by atoms with Crippen molar-refractivity contribution in [3.8, 4) is 0 Å². The minimum Gasteiger partial charge on any atom is -0.396 e. The molecule has 0 aromatic carbocycles. The molecule has 2 aromatic rings. The first kappa shape index (κ1) is 12.3.